The molecule has 0 saturated heterocycles. The third kappa shape index (κ3) is 10.8. The summed E-state index contributed by atoms with van der Waals surface area (Å²) < 4.78 is 4.92. The third-order valence-electron chi connectivity index (χ3n) is 1.43. The molecule has 0 bridgehead atoms. The van der Waals surface area contributed by atoms with Crippen molar-refractivity contribution in [3.05, 3.63) is 43.0 Å². The second kappa shape index (κ2) is 11.0. The molecule has 86 valence electrons. The minimum absolute atomic E-state index is 0. The average Bonchev–Trinajstić information content (AvgIpc) is 2.31. The van der Waals surface area contributed by atoms with Crippen LogP contribution in [0.1, 0.15) is 13.3 Å². The molecule has 0 amide bonds. The number of esters is 1. The Balaban J connectivity index is 0. The summed E-state index contributed by atoms with van der Waals surface area (Å²) in [4.78, 5) is 19.9. The monoisotopic (exact) mass is 228 g/mol. The van der Waals surface area contributed by atoms with Crippen LogP contribution in [0.25, 0.3) is 0 Å². The molecule has 4 nitrogen and oxygen atoms in total. The summed E-state index contributed by atoms with van der Waals surface area (Å²) in [6.45, 7) is 4.67. The standard InChI is InChI=1S/C9H10O2.C3H4O2.Li/c1-2-9(10)11-8-6-4-3-5-7-8;1-2-3(4)5;/h3-7H,2H2,1H3;2H,1H2,(H,4,5);/q;;+1/p-1. The number of para-hydroxylation sites is 1. The van der Waals surface area contributed by atoms with Crippen LogP contribution in [0.4, 0.5) is 0 Å². The van der Waals surface area contributed by atoms with Gasteiger partial charge in [0.25, 0.3) is 0 Å². The summed E-state index contributed by atoms with van der Waals surface area (Å²) >= 11 is 0. The predicted molar refractivity (Wildman–Crippen MR) is 57.6 cm³/mol. The van der Waals surface area contributed by atoms with E-state index >= 15 is 0 Å². The topological polar surface area (TPSA) is 66.4 Å². The molecule has 0 aliphatic rings. The molecule has 0 aromatic heterocycles. The molecule has 0 spiro atoms. The molecule has 0 aliphatic heterocycles. The molecule has 5 heteroatoms. The Kier molecular flexibility index (Phi) is 11.6. The Bertz CT molecular complexity index is 349. The van der Waals surface area contributed by atoms with Crippen LogP contribution < -0.4 is 28.7 Å². The maximum atomic E-state index is 10.8. The van der Waals surface area contributed by atoms with E-state index in [1.807, 2.05) is 18.2 Å². The molecular weight excluding hydrogens is 215 g/mol. The zero-order valence-corrected chi connectivity index (χ0v) is 10.0. The fraction of sp³-hybridized carbons (Fsp3) is 0.167. The van der Waals surface area contributed by atoms with E-state index in [2.05, 4.69) is 6.58 Å². The second-order valence-corrected chi connectivity index (χ2v) is 2.66. The van der Waals surface area contributed by atoms with Gasteiger partial charge in [-0.3, -0.25) is 4.79 Å². The van der Waals surface area contributed by atoms with Crippen molar-refractivity contribution < 1.29 is 38.3 Å². The SMILES string of the molecule is C=CC(=O)[O-].CCC(=O)Oc1ccccc1.[Li+]. The van der Waals surface area contributed by atoms with Crippen LogP contribution in [-0.2, 0) is 9.59 Å². The number of aliphatic carboxylic acids is 1. The van der Waals surface area contributed by atoms with Crippen LogP contribution >= 0.6 is 0 Å². The quantitative estimate of drug-likeness (QED) is 0.258. The molecule has 1 aromatic carbocycles. The number of benzene rings is 1. The van der Waals surface area contributed by atoms with E-state index in [1.54, 1.807) is 19.1 Å². The van der Waals surface area contributed by atoms with E-state index in [0.29, 0.717) is 12.2 Å². The first-order valence-electron chi connectivity index (χ1n) is 4.69. The first-order chi connectivity index (χ1) is 7.60. The molecule has 0 saturated carbocycles. The molecule has 0 N–H and O–H groups in total. The number of rotatable bonds is 3. The molecule has 0 fully saturated rings. The Morgan fingerprint density at radius 1 is 1.35 bits per heavy atom. The Hall–Kier alpha value is -1.50. The van der Waals surface area contributed by atoms with Crippen LogP contribution in [0, 0.1) is 0 Å². The first-order valence-corrected chi connectivity index (χ1v) is 4.69. The number of carboxylic acid groups (broad SMARTS) is 1. The number of carbonyl (C=O) groups excluding carboxylic acids is 2. The van der Waals surface area contributed by atoms with Crippen molar-refractivity contribution in [1.82, 2.24) is 0 Å². The number of carboxylic acids is 1. The van der Waals surface area contributed by atoms with Crippen molar-refractivity contribution in [1.29, 1.82) is 0 Å². The van der Waals surface area contributed by atoms with Gasteiger partial charge < -0.3 is 14.6 Å². The number of carbonyl (C=O) groups is 2. The molecule has 17 heavy (non-hydrogen) atoms. The van der Waals surface area contributed by atoms with Gasteiger partial charge in [-0.05, 0) is 18.2 Å². The Morgan fingerprint density at radius 2 is 1.82 bits per heavy atom. The summed E-state index contributed by atoms with van der Waals surface area (Å²) in [5.74, 6) is -0.819. The summed E-state index contributed by atoms with van der Waals surface area (Å²) in [6.07, 6.45) is 1.13. The van der Waals surface area contributed by atoms with Gasteiger partial charge in [-0.1, -0.05) is 31.7 Å². The van der Waals surface area contributed by atoms with Crippen molar-refractivity contribution in [2.45, 2.75) is 13.3 Å². The first kappa shape index (κ1) is 17.9. The van der Waals surface area contributed by atoms with Gasteiger partial charge in [0.15, 0.2) is 0 Å². The Morgan fingerprint density at radius 3 is 2.18 bits per heavy atom. The van der Waals surface area contributed by atoms with E-state index < -0.39 is 5.97 Å². The molecule has 1 rings (SSSR count). The van der Waals surface area contributed by atoms with E-state index in [0.717, 1.165) is 6.08 Å². The number of ether oxygens (including phenoxy) is 1. The van der Waals surface area contributed by atoms with Crippen LogP contribution in [0.5, 0.6) is 5.75 Å². The number of hydrogen-bond acceptors (Lipinski definition) is 4. The smallest absolute Gasteiger partial charge is 0.545 e. The van der Waals surface area contributed by atoms with Crippen LogP contribution in [0.2, 0.25) is 0 Å². The Labute approximate surface area is 112 Å². The van der Waals surface area contributed by atoms with Crippen LogP contribution in [0.3, 0.4) is 0 Å². The predicted octanol–water partition coefficient (Wildman–Crippen LogP) is -2.07. The van der Waals surface area contributed by atoms with Gasteiger partial charge in [0.1, 0.15) is 5.75 Å². The molecule has 0 unspecified atom stereocenters. The fourth-order valence-corrected chi connectivity index (χ4v) is 0.692. The van der Waals surface area contributed by atoms with Gasteiger partial charge in [-0.15, -0.1) is 0 Å². The summed E-state index contributed by atoms with van der Waals surface area (Å²) in [5.41, 5.74) is 0. The maximum Gasteiger partial charge on any atom is 1.00 e. The van der Waals surface area contributed by atoms with E-state index in [-0.39, 0.29) is 24.8 Å². The third-order valence-corrected chi connectivity index (χ3v) is 1.43. The van der Waals surface area contributed by atoms with Crippen molar-refractivity contribution >= 4 is 11.9 Å². The minimum atomic E-state index is -1.23. The second-order valence-electron chi connectivity index (χ2n) is 2.66. The van der Waals surface area contributed by atoms with Gasteiger partial charge in [0.05, 0.1) is 5.97 Å². The van der Waals surface area contributed by atoms with Gasteiger partial charge in [0, 0.05) is 6.42 Å². The number of hydrogen-bond donors (Lipinski definition) is 0. The molecule has 0 radical (unpaired) electrons. The zero-order chi connectivity index (χ0) is 12.4. The van der Waals surface area contributed by atoms with E-state index in [1.165, 1.54) is 0 Å². The molecule has 0 heterocycles. The summed E-state index contributed by atoms with van der Waals surface area (Å²) in [7, 11) is 0. The van der Waals surface area contributed by atoms with Crippen LogP contribution in [0.15, 0.2) is 43.0 Å². The zero-order valence-electron chi connectivity index (χ0n) is 10.0. The fourth-order valence-electron chi connectivity index (χ4n) is 0.692. The van der Waals surface area contributed by atoms with Gasteiger partial charge in [-0.25, -0.2) is 0 Å². The van der Waals surface area contributed by atoms with Crippen molar-refractivity contribution in [3.63, 3.8) is 0 Å². The molecule has 0 atom stereocenters. The van der Waals surface area contributed by atoms with Crippen molar-refractivity contribution in [2.75, 3.05) is 0 Å². The summed E-state index contributed by atoms with van der Waals surface area (Å²) in [6, 6.07) is 9.06. The summed E-state index contributed by atoms with van der Waals surface area (Å²) in [5, 5.41) is 9.14. The van der Waals surface area contributed by atoms with Crippen molar-refractivity contribution in [3.8, 4) is 5.75 Å². The van der Waals surface area contributed by atoms with Crippen LogP contribution in [-0.4, -0.2) is 11.9 Å². The minimum Gasteiger partial charge on any atom is -0.545 e. The molecule has 0 aliphatic carbocycles. The van der Waals surface area contributed by atoms with Gasteiger partial charge in [-0.2, -0.15) is 0 Å². The van der Waals surface area contributed by atoms with E-state index in [9.17, 15) is 4.79 Å². The van der Waals surface area contributed by atoms with E-state index in [4.69, 9.17) is 14.6 Å². The molecule has 1 aromatic rings. The van der Waals surface area contributed by atoms with Crippen molar-refractivity contribution in [2.24, 2.45) is 0 Å². The van der Waals surface area contributed by atoms with Gasteiger partial charge in [0.2, 0.25) is 0 Å². The normalized spacial score (nSPS) is 7.82. The largest absolute Gasteiger partial charge is 1.00 e. The maximum absolute atomic E-state index is 10.8. The van der Waals surface area contributed by atoms with Gasteiger partial charge >= 0.3 is 24.8 Å². The average molecular weight is 228 g/mol. The molecular formula is C12H13LiO4.